The Kier molecular flexibility index (Phi) is 9.12. The highest BCUT2D eigenvalue weighted by Gasteiger charge is 2.41. The maximum absolute atomic E-state index is 4.34. The lowest BCUT2D eigenvalue weighted by Gasteiger charge is -2.41. The van der Waals surface area contributed by atoms with Gasteiger partial charge in [0.05, 0.1) is 20.3 Å². The fourth-order valence-electron chi connectivity index (χ4n) is 5.24. The Morgan fingerprint density at radius 2 is 1.19 bits per heavy atom. The zero-order chi connectivity index (χ0) is 25.9. The second kappa shape index (κ2) is 12.9. The molecule has 0 radical (unpaired) electrons. The Morgan fingerprint density at radius 1 is 0.757 bits per heavy atom. The van der Waals surface area contributed by atoms with Crippen LogP contribution in [0.15, 0.2) is 153 Å². The molecule has 4 aromatic carbocycles. The SMILES string of the molecule is C=CC[SiH](C)C(c1ccccc1)(c1ccccc1)n1ccnc1.CB(c1ccccc1)c1ccccc1. The first kappa shape index (κ1) is 26.2. The molecule has 2 nitrogen and oxygen atoms in total. The normalized spacial score (nSPS) is 11.6. The van der Waals surface area contributed by atoms with E-state index in [2.05, 4.69) is 163 Å². The van der Waals surface area contributed by atoms with Gasteiger partial charge in [-0.2, -0.15) is 0 Å². The summed E-state index contributed by atoms with van der Waals surface area (Å²) in [5, 5.41) is -0.160. The molecule has 5 aromatic rings. The molecular weight excluding hydrogens is 463 g/mol. The number of nitrogens with zero attached hydrogens (tertiary/aromatic N) is 2. The lowest BCUT2D eigenvalue weighted by molar-refractivity contribution is 0.583. The summed E-state index contributed by atoms with van der Waals surface area (Å²) in [5.74, 6) is 0. The molecule has 0 aliphatic heterocycles. The van der Waals surface area contributed by atoms with E-state index < -0.39 is 8.80 Å². The van der Waals surface area contributed by atoms with E-state index in [1.807, 2.05) is 12.5 Å². The molecule has 0 saturated carbocycles. The number of benzene rings is 4. The average molecular weight is 499 g/mol. The highest BCUT2D eigenvalue weighted by molar-refractivity contribution is 6.84. The van der Waals surface area contributed by atoms with Crippen molar-refractivity contribution in [2.45, 2.75) is 24.6 Å². The van der Waals surface area contributed by atoms with Crippen molar-refractivity contribution in [3.05, 3.63) is 164 Å². The smallest absolute Gasteiger partial charge is 0.206 e. The van der Waals surface area contributed by atoms with E-state index in [0.29, 0.717) is 6.71 Å². The molecule has 37 heavy (non-hydrogen) atoms. The highest BCUT2D eigenvalue weighted by atomic mass is 28.3. The molecule has 5 rings (SSSR count). The molecule has 1 aromatic heterocycles. The average Bonchev–Trinajstić information content (AvgIpc) is 3.51. The molecule has 0 aliphatic carbocycles. The molecule has 4 heteroatoms. The number of imidazole rings is 1. The predicted molar refractivity (Wildman–Crippen MR) is 163 cm³/mol. The van der Waals surface area contributed by atoms with Gasteiger partial charge in [-0.25, -0.2) is 4.98 Å². The van der Waals surface area contributed by atoms with Gasteiger partial charge in [-0.1, -0.05) is 152 Å². The van der Waals surface area contributed by atoms with Crippen LogP contribution in [0.25, 0.3) is 0 Å². The van der Waals surface area contributed by atoms with Crippen LogP contribution in [0.4, 0.5) is 0 Å². The first-order chi connectivity index (χ1) is 18.2. The van der Waals surface area contributed by atoms with Crippen molar-refractivity contribution in [1.29, 1.82) is 0 Å². The van der Waals surface area contributed by atoms with Crippen molar-refractivity contribution in [2.75, 3.05) is 0 Å². The van der Waals surface area contributed by atoms with Crippen molar-refractivity contribution >= 4 is 26.4 Å². The second-order valence-corrected chi connectivity index (χ2v) is 12.5. The van der Waals surface area contributed by atoms with Crippen LogP contribution >= 0.6 is 0 Å². The summed E-state index contributed by atoms with van der Waals surface area (Å²) in [7, 11) is -1.29. The molecule has 0 bridgehead atoms. The molecule has 1 atom stereocenters. The van der Waals surface area contributed by atoms with Crippen molar-refractivity contribution in [3.63, 3.8) is 0 Å². The van der Waals surface area contributed by atoms with Gasteiger partial charge in [0.1, 0.15) is 0 Å². The van der Waals surface area contributed by atoms with Gasteiger partial charge >= 0.3 is 0 Å². The van der Waals surface area contributed by atoms with Crippen LogP contribution in [0.3, 0.4) is 0 Å². The number of allylic oxidation sites excluding steroid dienone is 1. The fourth-order valence-corrected chi connectivity index (χ4v) is 8.26. The van der Waals surface area contributed by atoms with Gasteiger partial charge in [0.2, 0.25) is 6.71 Å². The van der Waals surface area contributed by atoms with Crippen molar-refractivity contribution < 1.29 is 0 Å². The van der Waals surface area contributed by atoms with Crippen LogP contribution < -0.4 is 10.9 Å². The van der Waals surface area contributed by atoms with Gasteiger partial charge in [-0.05, 0) is 17.2 Å². The van der Waals surface area contributed by atoms with E-state index in [0.717, 1.165) is 6.04 Å². The summed E-state index contributed by atoms with van der Waals surface area (Å²) in [4.78, 5) is 4.34. The van der Waals surface area contributed by atoms with E-state index in [4.69, 9.17) is 0 Å². The molecule has 184 valence electrons. The van der Waals surface area contributed by atoms with Gasteiger partial charge < -0.3 is 4.57 Å². The Balaban J connectivity index is 0.000000195. The lowest BCUT2D eigenvalue weighted by Crippen LogP contribution is -2.48. The summed E-state index contributed by atoms with van der Waals surface area (Å²) < 4.78 is 2.29. The molecule has 1 unspecified atom stereocenters. The zero-order valence-electron chi connectivity index (χ0n) is 21.8. The first-order valence-electron chi connectivity index (χ1n) is 13.0. The topological polar surface area (TPSA) is 17.8 Å². The minimum atomic E-state index is -1.29. The summed E-state index contributed by atoms with van der Waals surface area (Å²) in [6.07, 6.45) is 7.98. The fraction of sp³-hybridized carbons (Fsp3) is 0.121. The molecule has 0 aliphatic rings. The minimum Gasteiger partial charge on any atom is -0.326 e. The van der Waals surface area contributed by atoms with E-state index in [9.17, 15) is 0 Å². The molecule has 0 N–H and O–H groups in total. The Hall–Kier alpha value is -3.89. The number of rotatable bonds is 8. The van der Waals surface area contributed by atoms with Gasteiger partial charge in [0.25, 0.3) is 0 Å². The summed E-state index contributed by atoms with van der Waals surface area (Å²) in [6, 6.07) is 43.8. The quantitative estimate of drug-likeness (QED) is 0.185. The Labute approximate surface area is 224 Å². The minimum absolute atomic E-state index is 0.160. The van der Waals surface area contributed by atoms with E-state index in [-0.39, 0.29) is 5.16 Å². The van der Waals surface area contributed by atoms with Crippen molar-refractivity contribution in [1.82, 2.24) is 9.55 Å². The van der Waals surface area contributed by atoms with Gasteiger partial charge in [-0.3, -0.25) is 0 Å². The third-order valence-electron chi connectivity index (χ3n) is 7.17. The molecule has 0 fully saturated rings. The van der Waals surface area contributed by atoms with Crippen LogP contribution in [0, 0.1) is 0 Å². The first-order valence-corrected chi connectivity index (χ1v) is 15.5. The number of hydrogen-bond donors (Lipinski definition) is 0. The van der Waals surface area contributed by atoms with Crippen molar-refractivity contribution in [3.8, 4) is 0 Å². The molecule has 1 heterocycles. The molecule has 0 spiro atoms. The number of aromatic nitrogens is 2. The second-order valence-electron chi connectivity index (χ2n) is 9.44. The summed E-state index contributed by atoms with van der Waals surface area (Å²) in [6.45, 7) is 9.14. The van der Waals surface area contributed by atoms with Crippen LogP contribution in [0.5, 0.6) is 0 Å². The van der Waals surface area contributed by atoms with Crippen LogP contribution in [-0.2, 0) is 5.16 Å². The maximum atomic E-state index is 4.34. The third-order valence-corrected chi connectivity index (χ3v) is 10.6. The Morgan fingerprint density at radius 3 is 1.57 bits per heavy atom. The van der Waals surface area contributed by atoms with Crippen LogP contribution in [0.1, 0.15) is 11.1 Å². The summed E-state index contributed by atoms with van der Waals surface area (Å²) in [5.41, 5.74) is 5.40. The zero-order valence-corrected chi connectivity index (χ0v) is 23.0. The van der Waals surface area contributed by atoms with Crippen LogP contribution in [0.2, 0.25) is 19.4 Å². The number of hydrogen-bond acceptors (Lipinski definition) is 1. The van der Waals surface area contributed by atoms with E-state index >= 15 is 0 Å². The van der Waals surface area contributed by atoms with Crippen LogP contribution in [-0.4, -0.2) is 25.1 Å². The predicted octanol–water partition coefficient (Wildman–Crippen LogP) is 6.18. The Bertz CT molecular complexity index is 1250. The summed E-state index contributed by atoms with van der Waals surface area (Å²) >= 11 is 0. The third kappa shape index (κ3) is 5.92. The van der Waals surface area contributed by atoms with Gasteiger partial charge in [-0.15, -0.1) is 6.58 Å². The van der Waals surface area contributed by atoms with Gasteiger partial charge in [0.15, 0.2) is 0 Å². The molecule has 0 amide bonds. The van der Waals surface area contributed by atoms with Crippen molar-refractivity contribution in [2.24, 2.45) is 0 Å². The molecule has 0 saturated heterocycles. The standard InChI is InChI=1S/C20H22N2Si.C13H13B/c1-3-16-23(2)20(22-15-14-21-17-22,18-10-6-4-7-11-18)19-12-8-5-9-13-19;1-14(12-8-4-2-5-9-12)13-10-6-3-7-11-13/h3-15,17,23H,1,16H2,2H3;2-11H,1H3. The lowest BCUT2D eigenvalue weighted by atomic mass is 9.43. The highest BCUT2D eigenvalue weighted by Crippen LogP contribution is 2.38. The maximum Gasteiger partial charge on any atom is 0.206 e. The van der Waals surface area contributed by atoms with E-state index in [1.54, 1.807) is 0 Å². The molecular formula is C33H35BN2Si. The van der Waals surface area contributed by atoms with E-state index in [1.165, 1.54) is 22.1 Å². The largest absolute Gasteiger partial charge is 0.326 e. The van der Waals surface area contributed by atoms with Gasteiger partial charge in [0, 0.05) is 12.4 Å². The monoisotopic (exact) mass is 498 g/mol.